The number of carbonyl (C=O) groups is 1. The van der Waals surface area contributed by atoms with Gasteiger partial charge in [-0.25, -0.2) is 5.43 Å². The Kier molecular flexibility index (Phi) is 6.23. The zero-order valence-electron chi connectivity index (χ0n) is 16.1. The molecule has 0 saturated carbocycles. The van der Waals surface area contributed by atoms with Crippen LogP contribution in [0.5, 0.6) is 0 Å². The van der Waals surface area contributed by atoms with Gasteiger partial charge in [0.05, 0.1) is 11.4 Å². The maximum absolute atomic E-state index is 12.5. The molecule has 29 heavy (non-hydrogen) atoms. The SMILES string of the molecule is CN(C)c1ccc(C(=NNC(=O)c2cccc(N([O-])O)c2)c2ccccc2)cc1. The van der Waals surface area contributed by atoms with Gasteiger partial charge in [-0.3, -0.25) is 10.0 Å². The lowest BCUT2D eigenvalue weighted by atomic mass is 10.0. The third-order valence-electron chi connectivity index (χ3n) is 4.30. The Bertz CT molecular complexity index is 1000. The van der Waals surface area contributed by atoms with Crippen LogP contribution in [0, 0.1) is 5.21 Å². The molecule has 3 rings (SSSR count). The highest BCUT2D eigenvalue weighted by atomic mass is 16.8. The van der Waals surface area contributed by atoms with Gasteiger partial charge in [0.25, 0.3) is 5.91 Å². The van der Waals surface area contributed by atoms with Crippen LogP contribution in [0.15, 0.2) is 84.0 Å². The van der Waals surface area contributed by atoms with Crippen LogP contribution in [0.25, 0.3) is 0 Å². The number of carbonyl (C=O) groups excluding carboxylic acids is 1. The van der Waals surface area contributed by atoms with Crippen molar-refractivity contribution in [2.75, 3.05) is 24.2 Å². The number of rotatable bonds is 6. The second-order valence-electron chi connectivity index (χ2n) is 6.53. The van der Waals surface area contributed by atoms with Crippen molar-refractivity contribution in [1.29, 1.82) is 0 Å². The van der Waals surface area contributed by atoms with Gasteiger partial charge in [-0.2, -0.15) is 5.10 Å². The summed E-state index contributed by atoms with van der Waals surface area (Å²) in [5, 5.41) is 24.1. The van der Waals surface area contributed by atoms with E-state index < -0.39 is 5.91 Å². The lowest BCUT2D eigenvalue weighted by molar-refractivity contribution is 0.0955. The maximum Gasteiger partial charge on any atom is 0.271 e. The van der Waals surface area contributed by atoms with E-state index in [2.05, 4.69) is 10.5 Å². The molecule has 0 aliphatic heterocycles. The minimum absolute atomic E-state index is 0.0378. The number of benzene rings is 3. The van der Waals surface area contributed by atoms with E-state index in [0.29, 0.717) is 5.71 Å². The fourth-order valence-electron chi connectivity index (χ4n) is 2.75. The summed E-state index contributed by atoms with van der Waals surface area (Å²) in [7, 11) is 3.93. The second-order valence-corrected chi connectivity index (χ2v) is 6.53. The number of hydrogen-bond acceptors (Lipinski definition) is 6. The topological polar surface area (TPSA) is 91.2 Å². The van der Waals surface area contributed by atoms with Crippen LogP contribution in [-0.4, -0.2) is 30.9 Å². The summed E-state index contributed by atoms with van der Waals surface area (Å²) in [6.45, 7) is 0. The number of hydrazone groups is 1. The normalized spacial score (nSPS) is 11.1. The molecule has 7 heteroatoms. The summed E-state index contributed by atoms with van der Waals surface area (Å²) >= 11 is 0. The highest BCUT2D eigenvalue weighted by Crippen LogP contribution is 2.17. The van der Waals surface area contributed by atoms with E-state index in [1.807, 2.05) is 73.6 Å². The molecule has 0 heterocycles. The first-order chi connectivity index (χ1) is 14.0. The molecule has 0 aliphatic carbocycles. The lowest BCUT2D eigenvalue weighted by Crippen LogP contribution is -2.21. The first-order valence-electron chi connectivity index (χ1n) is 8.93. The van der Waals surface area contributed by atoms with Gasteiger partial charge in [0.2, 0.25) is 0 Å². The van der Waals surface area contributed by atoms with Gasteiger partial charge >= 0.3 is 0 Å². The predicted molar refractivity (Wildman–Crippen MR) is 114 cm³/mol. The Morgan fingerprint density at radius 1 is 0.862 bits per heavy atom. The number of nitrogens with one attached hydrogen (secondary N) is 1. The van der Waals surface area contributed by atoms with Gasteiger partial charge in [0, 0.05) is 36.5 Å². The van der Waals surface area contributed by atoms with Crippen molar-refractivity contribution in [2.45, 2.75) is 0 Å². The Morgan fingerprint density at radius 2 is 1.48 bits per heavy atom. The zero-order valence-corrected chi connectivity index (χ0v) is 16.1. The van der Waals surface area contributed by atoms with Crippen molar-refractivity contribution in [3.8, 4) is 0 Å². The molecule has 0 fully saturated rings. The van der Waals surface area contributed by atoms with Crippen LogP contribution < -0.4 is 15.6 Å². The largest absolute Gasteiger partial charge is 0.733 e. The highest BCUT2D eigenvalue weighted by molar-refractivity contribution is 6.13. The molecule has 0 spiro atoms. The van der Waals surface area contributed by atoms with Gasteiger partial charge in [-0.15, -0.1) is 0 Å². The quantitative estimate of drug-likeness (QED) is 0.496. The van der Waals surface area contributed by atoms with Gasteiger partial charge in [-0.1, -0.05) is 48.5 Å². The van der Waals surface area contributed by atoms with Crippen molar-refractivity contribution in [3.63, 3.8) is 0 Å². The van der Waals surface area contributed by atoms with Crippen molar-refractivity contribution < 1.29 is 10.0 Å². The Labute approximate surface area is 169 Å². The third-order valence-corrected chi connectivity index (χ3v) is 4.30. The predicted octanol–water partition coefficient (Wildman–Crippen LogP) is 3.63. The molecule has 2 N–H and O–H groups in total. The van der Waals surface area contributed by atoms with Crippen molar-refractivity contribution in [1.82, 2.24) is 5.43 Å². The molecule has 0 aromatic heterocycles. The molecule has 3 aromatic carbocycles. The monoisotopic (exact) mass is 389 g/mol. The van der Waals surface area contributed by atoms with E-state index in [1.54, 1.807) is 0 Å². The Hall–Kier alpha value is -3.68. The summed E-state index contributed by atoms with van der Waals surface area (Å²) in [6, 6.07) is 23.1. The molecule has 0 bridgehead atoms. The lowest BCUT2D eigenvalue weighted by Gasteiger charge is -2.21. The molecule has 7 nitrogen and oxygen atoms in total. The summed E-state index contributed by atoms with van der Waals surface area (Å²) < 4.78 is 0. The number of amides is 1. The summed E-state index contributed by atoms with van der Waals surface area (Å²) in [5.74, 6) is -0.493. The van der Waals surface area contributed by atoms with Crippen LogP contribution in [0.2, 0.25) is 0 Å². The molecule has 0 radical (unpaired) electrons. The molecule has 3 aromatic rings. The van der Waals surface area contributed by atoms with E-state index >= 15 is 0 Å². The van der Waals surface area contributed by atoms with Crippen LogP contribution in [0.3, 0.4) is 0 Å². The molecule has 148 valence electrons. The molecule has 0 saturated heterocycles. The van der Waals surface area contributed by atoms with E-state index in [0.717, 1.165) is 16.8 Å². The highest BCUT2D eigenvalue weighted by Gasteiger charge is 2.10. The smallest absolute Gasteiger partial charge is 0.271 e. The molecule has 0 atom stereocenters. The fourth-order valence-corrected chi connectivity index (χ4v) is 2.75. The van der Waals surface area contributed by atoms with E-state index in [4.69, 9.17) is 5.21 Å². The zero-order chi connectivity index (χ0) is 20.8. The molecule has 0 unspecified atom stereocenters. The standard InChI is InChI=1S/C22H21N4O3/c1-25(2)19-13-11-17(12-14-19)21(16-7-4-3-5-8-16)23-24-22(27)18-9-6-10-20(15-18)26(28)29/h3-15,28H,1-2H3,(H,24,27)/q-1. The van der Waals surface area contributed by atoms with Gasteiger partial charge in [0.1, 0.15) is 0 Å². The van der Waals surface area contributed by atoms with Crippen LogP contribution in [-0.2, 0) is 0 Å². The van der Waals surface area contributed by atoms with E-state index in [-0.39, 0.29) is 16.5 Å². The first kappa shape index (κ1) is 20.1. The number of hydrogen-bond donors (Lipinski definition) is 2. The minimum atomic E-state index is -0.493. The third kappa shape index (κ3) is 4.98. The van der Waals surface area contributed by atoms with Gasteiger partial charge in [-0.05, 0) is 30.3 Å². The van der Waals surface area contributed by atoms with E-state index in [9.17, 15) is 10.0 Å². The maximum atomic E-state index is 12.5. The molecular formula is C22H21N4O3-. The average molecular weight is 389 g/mol. The summed E-state index contributed by atoms with van der Waals surface area (Å²) in [4.78, 5) is 14.5. The molecule has 1 amide bonds. The van der Waals surface area contributed by atoms with Crippen molar-refractivity contribution in [2.24, 2.45) is 5.10 Å². The first-order valence-corrected chi connectivity index (χ1v) is 8.93. The molecular weight excluding hydrogens is 368 g/mol. The summed E-state index contributed by atoms with van der Waals surface area (Å²) in [6.07, 6.45) is 0. The summed E-state index contributed by atoms with van der Waals surface area (Å²) in [5.41, 5.74) is 6.05. The van der Waals surface area contributed by atoms with Gasteiger partial charge < -0.3 is 15.3 Å². The van der Waals surface area contributed by atoms with Gasteiger partial charge in [0.15, 0.2) is 0 Å². The van der Waals surface area contributed by atoms with Crippen LogP contribution in [0.1, 0.15) is 21.5 Å². The Balaban J connectivity index is 1.91. The van der Waals surface area contributed by atoms with E-state index in [1.165, 1.54) is 24.3 Å². The average Bonchev–Trinajstić information content (AvgIpc) is 2.75. The van der Waals surface area contributed by atoms with Crippen LogP contribution in [0.4, 0.5) is 11.4 Å². The number of nitrogens with zero attached hydrogens (tertiary/aromatic N) is 3. The van der Waals surface area contributed by atoms with Crippen molar-refractivity contribution in [3.05, 3.63) is 101 Å². The van der Waals surface area contributed by atoms with Crippen molar-refractivity contribution >= 4 is 23.0 Å². The second kappa shape index (κ2) is 9.01. The number of anilines is 2. The minimum Gasteiger partial charge on any atom is -0.733 e. The fraction of sp³-hybridized carbons (Fsp3) is 0.0909. The molecule has 0 aliphatic rings. The van der Waals surface area contributed by atoms with Crippen LogP contribution >= 0.6 is 0 Å². The Morgan fingerprint density at radius 3 is 2.10 bits per heavy atom.